The average Bonchev–Trinajstić information content (AvgIpc) is 3.34. The van der Waals surface area contributed by atoms with Crippen LogP contribution in [0.1, 0.15) is 80.3 Å². The minimum absolute atomic E-state index is 0.109. The first kappa shape index (κ1) is 24.4. The van der Waals surface area contributed by atoms with Crippen LogP contribution in [0.3, 0.4) is 0 Å². The molecule has 7 nitrogen and oxygen atoms in total. The number of hydrogen-bond acceptors (Lipinski definition) is 4. The Balaban J connectivity index is 1.23. The summed E-state index contributed by atoms with van der Waals surface area (Å²) < 4.78 is 10.4. The molecule has 1 saturated heterocycles. The van der Waals surface area contributed by atoms with Gasteiger partial charge in [-0.2, -0.15) is 0 Å². The maximum Gasteiger partial charge on any atom is 0.254 e. The van der Waals surface area contributed by atoms with Crippen molar-refractivity contribution >= 4 is 28.0 Å². The largest absolute Gasteiger partial charge is 0.494 e. The number of carbonyl (C=O) groups is 1. The Morgan fingerprint density at radius 1 is 1.02 bits per heavy atom. The molecule has 40 heavy (non-hydrogen) atoms. The van der Waals surface area contributed by atoms with Gasteiger partial charge in [0.15, 0.2) is 5.82 Å². The molecule has 8 rings (SSSR count). The van der Waals surface area contributed by atoms with E-state index >= 15 is 0 Å². The molecule has 0 N–H and O–H groups in total. The average molecular weight is 538 g/mol. The van der Waals surface area contributed by atoms with Crippen LogP contribution in [0, 0.1) is 17.8 Å². The molecule has 3 aliphatic carbocycles. The van der Waals surface area contributed by atoms with E-state index in [4.69, 9.17) is 14.7 Å². The van der Waals surface area contributed by atoms with E-state index in [0.29, 0.717) is 41.0 Å². The molecule has 3 atom stereocenters. The van der Waals surface area contributed by atoms with Gasteiger partial charge >= 0.3 is 0 Å². The van der Waals surface area contributed by atoms with Gasteiger partial charge in [0.1, 0.15) is 16.9 Å². The van der Waals surface area contributed by atoms with Gasteiger partial charge in [-0.3, -0.25) is 4.79 Å². The van der Waals surface area contributed by atoms with E-state index in [0.717, 1.165) is 47.7 Å². The van der Waals surface area contributed by atoms with E-state index in [-0.39, 0.29) is 5.91 Å². The number of nitrogens with zero attached hydrogens (tertiary/aromatic N) is 5. The summed E-state index contributed by atoms with van der Waals surface area (Å²) in [7, 11) is 3.75. The van der Waals surface area contributed by atoms with Gasteiger partial charge in [-0.25, -0.2) is 9.97 Å². The summed E-state index contributed by atoms with van der Waals surface area (Å²) in [4.78, 5) is 26.3. The van der Waals surface area contributed by atoms with Gasteiger partial charge in [0.25, 0.3) is 5.91 Å². The maximum atomic E-state index is 13.7. The molecule has 2 bridgehead atoms. The summed E-state index contributed by atoms with van der Waals surface area (Å²) in [5, 5.41) is 1.17. The summed E-state index contributed by atoms with van der Waals surface area (Å²) in [6, 6.07) is 11.0. The van der Waals surface area contributed by atoms with Gasteiger partial charge < -0.3 is 18.8 Å². The Morgan fingerprint density at radius 3 is 2.55 bits per heavy atom. The number of aromatic nitrogens is 4. The third kappa shape index (κ3) is 3.72. The topological polar surface area (TPSA) is 65.2 Å². The Hall–Kier alpha value is -3.35. The first-order chi connectivity index (χ1) is 19.5. The Bertz CT molecular complexity index is 1640. The summed E-state index contributed by atoms with van der Waals surface area (Å²) in [5.41, 5.74) is 5.83. The highest BCUT2D eigenvalue weighted by molar-refractivity contribution is 6.00. The lowest BCUT2D eigenvalue weighted by Gasteiger charge is -2.27. The van der Waals surface area contributed by atoms with Crippen LogP contribution in [-0.2, 0) is 13.6 Å². The minimum atomic E-state index is 0.109. The van der Waals surface area contributed by atoms with Crippen molar-refractivity contribution in [1.82, 2.24) is 24.0 Å². The van der Waals surface area contributed by atoms with E-state index in [2.05, 4.69) is 46.2 Å². The van der Waals surface area contributed by atoms with Crippen LogP contribution in [0.15, 0.2) is 30.3 Å². The lowest BCUT2D eigenvalue weighted by molar-refractivity contribution is 0.0696. The van der Waals surface area contributed by atoms with E-state index < -0.39 is 0 Å². The van der Waals surface area contributed by atoms with Gasteiger partial charge in [0.2, 0.25) is 0 Å². The third-order valence-corrected chi connectivity index (χ3v) is 10.6. The lowest BCUT2D eigenvalue weighted by atomic mass is 10.0. The predicted octanol–water partition coefficient (Wildman–Crippen LogP) is 6.54. The van der Waals surface area contributed by atoms with Gasteiger partial charge in [0, 0.05) is 48.7 Å². The lowest BCUT2D eigenvalue weighted by Crippen LogP contribution is -2.38. The summed E-state index contributed by atoms with van der Waals surface area (Å²) in [6.45, 7) is 4.14. The molecular weight excluding hydrogens is 498 g/mol. The summed E-state index contributed by atoms with van der Waals surface area (Å²) in [6.07, 6.45) is 10.0. The van der Waals surface area contributed by atoms with Crippen molar-refractivity contribution in [2.45, 2.75) is 76.8 Å². The van der Waals surface area contributed by atoms with Gasteiger partial charge in [-0.15, -0.1) is 0 Å². The second kappa shape index (κ2) is 9.08. The number of benzene rings is 1. The molecule has 208 valence electrons. The first-order valence-electron chi connectivity index (χ1n) is 15.4. The zero-order chi connectivity index (χ0) is 27.1. The molecule has 7 heteroatoms. The van der Waals surface area contributed by atoms with Gasteiger partial charge in [-0.1, -0.05) is 19.8 Å². The number of aryl methyl sites for hydroxylation is 1. The Morgan fingerprint density at radius 2 is 1.85 bits per heavy atom. The van der Waals surface area contributed by atoms with Gasteiger partial charge in [0.05, 0.1) is 18.3 Å². The quantitative estimate of drug-likeness (QED) is 0.280. The second-order valence-electron chi connectivity index (χ2n) is 13.0. The van der Waals surface area contributed by atoms with Crippen LogP contribution in [-0.4, -0.2) is 49.6 Å². The van der Waals surface area contributed by atoms with Crippen molar-refractivity contribution in [3.63, 3.8) is 0 Å². The Labute approximate surface area is 235 Å². The van der Waals surface area contributed by atoms with E-state index in [9.17, 15) is 4.79 Å². The standard InChI is InChI=1S/C33H39N5O2/c1-19-23-11-13-27(19)38(18-23)33(39)24-14-26-30(29(16-24)40-3)36(2)32(35-26)28-15-22-10-12-25(21-6-4-5-7-21)34-31(22)37(28)17-20-8-9-20/h10,12,14-16,19-21,23,27H,4-9,11,13,17-18H2,1-3H3/t19-,23?,27?/m1/s1. The number of carbonyl (C=O) groups excluding carboxylic acids is 1. The SMILES string of the molecule is COc1cc(C(=O)N2CC3CCC2[C@@H]3C)cc2nc(-c3cc4ccc(C5CCCC5)nc4n3CC3CC3)n(C)c12. The minimum Gasteiger partial charge on any atom is -0.494 e. The molecule has 1 amide bonds. The predicted molar refractivity (Wildman–Crippen MR) is 157 cm³/mol. The highest BCUT2D eigenvalue weighted by Gasteiger charge is 2.46. The van der Waals surface area contributed by atoms with Crippen LogP contribution in [0.5, 0.6) is 5.75 Å². The van der Waals surface area contributed by atoms with Crippen molar-refractivity contribution in [2.24, 2.45) is 24.8 Å². The Kier molecular flexibility index (Phi) is 5.55. The molecule has 0 radical (unpaired) electrons. The summed E-state index contributed by atoms with van der Waals surface area (Å²) >= 11 is 0. The highest BCUT2D eigenvalue weighted by Crippen LogP contribution is 2.44. The second-order valence-corrected chi connectivity index (χ2v) is 13.0. The molecule has 4 fully saturated rings. The number of methoxy groups -OCH3 is 1. The van der Waals surface area contributed by atoms with Gasteiger partial charge in [-0.05, 0) is 86.6 Å². The van der Waals surface area contributed by atoms with Crippen molar-refractivity contribution in [1.29, 1.82) is 0 Å². The number of rotatable bonds is 6. The highest BCUT2D eigenvalue weighted by atomic mass is 16.5. The molecular formula is C33H39N5O2. The monoisotopic (exact) mass is 537 g/mol. The van der Waals surface area contributed by atoms with Crippen molar-refractivity contribution in [3.05, 3.63) is 41.6 Å². The molecule has 1 aliphatic heterocycles. The molecule has 3 aromatic heterocycles. The number of piperidine rings is 1. The fourth-order valence-corrected chi connectivity index (χ4v) is 8.05. The normalized spacial score (nSPS) is 24.7. The number of ether oxygens (including phenoxy) is 1. The van der Waals surface area contributed by atoms with Crippen LogP contribution >= 0.6 is 0 Å². The van der Waals surface area contributed by atoms with E-state index in [1.165, 1.54) is 56.0 Å². The van der Waals surface area contributed by atoms with Crippen LogP contribution < -0.4 is 4.74 Å². The molecule has 1 aromatic carbocycles. The number of fused-ring (bicyclic) bond motifs is 4. The molecule has 3 saturated carbocycles. The number of hydrogen-bond donors (Lipinski definition) is 0. The van der Waals surface area contributed by atoms with Crippen molar-refractivity contribution in [3.8, 4) is 17.3 Å². The molecule has 2 unspecified atom stereocenters. The zero-order valence-corrected chi connectivity index (χ0v) is 23.9. The molecule has 0 spiro atoms. The third-order valence-electron chi connectivity index (χ3n) is 10.6. The smallest absolute Gasteiger partial charge is 0.254 e. The number of imidazole rings is 1. The number of likely N-dealkylation sites (tertiary alicyclic amines) is 1. The van der Waals surface area contributed by atoms with Crippen molar-refractivity contribution in [2.75, 3.05) is 13.7 Å². The maximum absolute atomic E-state index is 13.7. The zero-order valence-electron chi connectivity index (χ0n) is 23.9. The van der Waals surface area contributed by atoms with E-state index in [1.807, 2.05) is 12.1 Å². The van der Waals surface area contributed by atoms with Crippen LogP contribution in [0.25, 0.3) is 33.6 Å². The molecule has 4 heterocycles. The van der Waals surface area contributed by atoms with E-state index in [1.54, 1.807) is 7.11 Å². The fraction of sp³-hybridized carbons (Fsp3) is 0.545. The number of amides is 1. The molecule has 4 aromatic rings. The number of pyridine rings is 1. The van der Waals surface area contributed by atoms with Crippen LogP contribution in [0.2, 0.25) is 0 Å². The van der Waals surface area contributed by atoms with Crippen LogP contribution in [0.4, 0.5) is 0 Å². The molecule has 4 aliphatic rings. The summed E-state index contributed by atoms with van der Waals surface area (Å²) in [5.74, 6) is 4.22. The van der Waals surface area contributed by atoms with Crippen molar-refractivity contribution < 1.29 is 9.53 Å². The fourth-order valence-electron chi connectivity index (χ4n) is 8.05. The first-order valence-corrected chi connectivity index (χ1v) is 15.4.